The quantitative estimate of drug-likeness (QED) is 0.373. The van der Waals surface area contributed by atoms with Gasteiger partial charge in [0.05, 0.1) is 22.5 Å². The van der Waals surface area contributed by atoms with Crippen LogP contribution in [0.25, 0.3) is 0 Å². The lowest BCUT2D eigenvalue weighted by Gasteiger charge is -2.31. The molecule has 0 heterocycles. The van der Waals surface area contributed by atoms with Gasteiger partial charge in [-0.3, -0.25) is 13.9 Å². The zero-order valence-corrected chi connectivity index (χ0v) is 22.8. The van der Waals surface area contributed by atoms with Crippen LogP contribution >= 0.6 is 23.2 Å². The van der Waals surface area contributed by atoms with Crippen LogP contribution in [0.4, 0.5) is 18.9 Å². The summed E-state index contributed by atoms with van der Waals surface area (Å²) in [6.45, 7) is 2.93. The van der Waals surface area contributed by atoms with Gasteiger partial charge in [0.2, 0.25) is 21.8 Å². The maximum Gasteiger partial charge on any atom is 0.417 e. The third-order valence-electron chi connectivity index (χ3n) is 5.49. The van der Waals surface area contributed by atoms with E-state index in [1.54, 1.807) is 24.3 Å². The first-order valence-corrected chi connectivity index (χ1v) is 13.9. The van der Waals surface area contributed by atoms with E-state index in [1.807, 2.05) is 6.92 Å². The highest BCUT2D eigenvalue weighted by Gasteiger charge is 2.35. The Kier molecular flexibility index (Phi) is 10.7. The number of nitrogens with zero attached hydrogens (tertiary/aromatic N) is 2. The second kappa shape index (κ2) is 12.8. The molecule has 0 fully saturated rings. The molecule has 0 aromatic heterocycles. The van der Waals surface area contributed by atoms with Crippen LogP contribution < -0.4 is 9.62 Å². The first-order valence-electron chi connectivity index (χ1n) is 11.3. The predicted molar refractivity (Wildman–Crippen MR) is 138 cm³/mol. The minimum absolute atomic E-state index is 0.0651. The minimum Gasteiger partial charge on any atom is -0.354 e. The van der Waals surface area contributed by atoms with Gasteiger partial charge in [-0.2, -0.15) is 13.2 Å². The van der Waals surface area contributed by atoms with Gasteiger partial charge in [-0.05, 0) is 49.2 Å². The number of sulfonamides is 1. The van der Waals surface area contributed by atoms with Crippen molar-refractivity contribution >= 4 is 50.7 Å². The number of carbonyl (C=O) groups is 2. The summed E-state index contributed by atoms with van der Waals surface area (Å²) in [6, 6.07) is 8.05. The van der Waals surface area contributed by atoms with E-state index in [0.29, 0.717) is 27.5 Å². The fourth-order valence-corrected chi connectivity index (χ4v) is 4.60. The number of benzene rings is 2. The third kappa shape index (κ3) is 8.79. The highest BCUT2D eigenvalue weighted by molar-refractivity contribution is 7.92. The summed E-state index contributed by atoms with van der Waals surface area (Å²) >= 11 is 11.6. The maximum atomic E-state index is 13.4. The van der Waals surface area contributed by atoms with Crippen molar-refractivity contribution < 1.29 is 31.2 Å². The Balaban J connectivity index is 2.43. The molecule has 0 saturated carbocycles. The van der Waals surface area contributed by atoms with E-state index in [4.69, 9.17) is 23.2 Å². The molecule has 204 valence electrons. The van der Waals surface area contributed by atoms with E-state index < -0.39 is 51.2 Å². The Morgan fingerprint density at radius 2 is 1.70 bits per heavy atom. The average molecular weight is 582 g/mol. The van der Waals surface area contributed by atoms with Gasteiger partial charge in [-0.25, -0.2) is 8.42 Å². The van der Waals surface area contributed by atoms with Gasteiger partial charge in [0.1, 0.15) is 12.6 Å². The number of amides is 2. The number of hydrogen-bond acceptors (Lipinski definition) is 4. The van der Waals surface area contributed by atoms with Crippen molar-refractivity contribution in [2.45, 2.75) is 45.5 Å². The molecule has 0 bridgehead atoms. The molecular formula is C24H28Cl2F3N3O4S. The Morgan fingerprint density at radius 3 is 2.24 bits per heavy atom. The predicted octanol–water partition coefficient (Wildman–Crippen LogP) is 5.11. The van der Waals surface area contributed by atoms with E-state index in [9.17, 15) is 31.2 Å². The van der Waals surface area contributed by atoms with Gasteiger partial charge >= 0.3 is 6.18 Å². The van der Waals surface area contributed by atoms with Gasteiger partial charge in [0.15, 0.2) is 0 Å². The Labute approximate surface area is 224 Å². The summed E-state index contributed by atoms with van der Waals surface area (Å²) in [6.07, 6.45) is -2.51. The normalized spacial score (nSPS) is 12.6. The fraction of sp³-hybridized carbons (Fsp3) is 0.417. The second-order valence-corrected chi connectivity index (χ2v) is 11.2. The second-order valence-electron chi connectivity index (χ2n) is 8.40. The zero-order chi connectivity index (χ0) is 28.0. The molecule has 13 heteroatoms. The molecule has 37 heavy (non-hydrogen) atoms. The number of carbonyl (C=O) groups excluding carboxylic acids is 2. The van der Waals surface area contributed by atoms with Crippen molar-refractivity contribution in [2.75, 3.05) is 23.7 Å². The van der Waals surface area contributed by atoms with Gasteiger partial charge in [0.25, 0.3) is 0 Å². The van der Waals surface area contributed by atoms with Crippen LogP contribution in [0, 0.1) is 0 Å². The number of rotatable bonds is 11. The molecule has 0 aliphatic heterocycles. The van der Waals surface area contributed by atoms with Crippen molar-refractivity contribution in [3.8, 4) is 0 Å². The molecule has 2 aromatic rings. The Morgan fingerprint density at radius 1 is 1.08 bits per heavy atom. The molecule has 1 atom stereocenters. The lowest BCUT2D eigenvalue weighted by atomic mass is 10.1. The van der Waals surface area contributed by atoms with Crippen LogP contribution in [-0.2, 0) is 32.3 Å². The monoisotopic (exact) mass is 581 g/mol. The van der Waals surface area contributed by atoms with Gasteiger partial charge in [0, 0.05) is 18.1 Å². The Hall–Kier alpha value is -2.50. The highest BCUT2D eigenvalue weighted by atomic mass is 35.5. The molecule has 0 aliphatic carbocycles. The molecular weight excluding hydrogens is 554 g/mol. The zero-order valence-electron chi connectivity index (χ0n) is 20.5. The number of halogens is 5. The third-order valence-corrected chi connectivity index (χ3v) is 7.21. The van der Waals surface area contributed by atoms with E-state index in [-0.39, 0.29) is 12.2 Å². The molecule has 0 radical (unpaired) electrons. The molecule has 2 amide bonds. The van der Waals surface area contributed by atoms with Crippen LogP contribution in [0.5, 0.6) is 0 Å². The standard InChI is InChI=1S/C24H28Cl2F3N3O4S/c1-4-5-12-30-23(34)16(2)31(14-17-6-8-18(25)9-7-17)22(33)15-32(37(3,35)36)19-10-11-21(26)20(13-19)24(27,28)29/h6-11,13,16H,4-5,12,14-15H2,1-3H3,(H,30,34)/t16-/m0/s1. The van der Waals surface area contributed by atoms with Crippen molar-refractivity contribution in [1.82, 2.24) is 10.2 Å². The fourth-order valence-electron chi connectivity index (χ4n) is 3.40. The van der Waals surface area contributed by atoms with Crippen LogP contribution in [-0.4, -0.2) is 50.5 Å². The highest BCUT2D eigenvalue weighted by Crippen LogP contribution is 2.37. The summed E-state index contributed by atoms with van der Waals surface area (Å²) in [5.74, 6) is -1.24. The Bertz CT molecular complexity index is 1210. The summed E-state index contributed by atoms with van der Waals surface area (Å²) in [4.78, 5) is 27.4. The molecule has 7 nitrogen and oxygen atoms in total. The average Bonchev–Trinajstić information content (AvgIpc) is 2.80. The lowest BCUT2D eigenvalue weighted by molar-refractivity contribution is -0.139. The topological polar surface area (TPSA) is 86.8 Å². The summed E-state index contributed by atoms with van der Waals surface area (Å²) in [7, 11) is -4.21. The molecule has 0 aliphatic rings. The largest absolute Gasteiger partial charge is 0.417 e. The van der Waals surface area contributed by atoms with Crippen molar-refractivity contribution in [3.63, 3.8) is 0 Å². The molecule has 0 unspecified atom stereocenters. The SMILES string of the molecule is CCCCNC(=O)[C@H](C)N(Cc1ccc(Cl)cc1)C(=O)CN(c1ccc(Cl)c(C(F)(F)F)c1)S(C)(=O)=O. The number of alkyl halides is 3. The minimum atomic E-state index is -4.84. The summed E-state index contributed by atoms with van der Waals surface area (Å²) in [5.41, 5.74) is -1.02. The van der Waals surface area contributed by atoms with Crippen LogP contribution in [0.15, 0.2) is 42.5 Å². The lowest BCUT2D eigenvalue weighted by Crippen LogP contribution is -2.51. The molecule has 0 spiro atoms. The number of anilines is 1. The molecule has 1 N–H and O–H groups in total. The summed E-state index contributed by atoms with van der Waals surface area (Å²) in [5, 5.41) is 2.58. The first-order chi connectivity index (χ1) is 17.1. The van der Waals surface area contributed by atoms with E-state index in [1.165, 1.54) is 11.8 Å². The molecule has 2 rings (SSSR count). The van der Waals surface area contributed by atoms with Crippen LogP contribution in [0.1, 0.15) is 37.8 Å². The molecule has 0 saturated heterocycles. The number of nitrogens with one attached hydrogen (secondary N) is 1. The van der Waals surface area contributed by atoms with Gasteiger partial charge in [-0.15, -0.1) is 0 Å². The molecule has 2 aromatic carbocycles. The van der Waals surface area contributed by atoms with Crippen LogP contribution in [0.2, 0.25) is 10.0 Å². The van der Waals surface area contributed by atoms with Crippen molar-refractivity contribution in [1.29, 1.82) is 0 Å². The van der Waals surface area contributed by atoms with E-state index in [0.717, 1.165) is 31.2 Å². The maximum absolute atomic E-state index is 13.4. The number of unbranched alkanes of at least 4 members (excludes halogenated alkanes) is 1. The van der Waals surface area contributed by atoms with Gasteiger partial charge in [-0.1, -0.05) is 48.7 Å². The van der Waals surface area contributed by atoms with E-state index in [2.05, 4.69) is 5.32 Å². The van der Waals surface area contributed by atoms with Gasteiger partial charge < -0.3 is 10.2 Å². The summed E-state index contributed by atoms with van der Waals surface area (Å²) < 4.78 is 65.8. The van der Waals surface area contributed by atoms with Crippen LogP contribution in [0.3, 0.4) is 0 Å². The van der Waals surface area contributed by atoms with E-state index >= 15 is 0 Å². The van der Waals surface area contributed by atoms with Crippen molar-refractivity contribution in [2.24, 2.45) is 0 Å². The first kappa shape index (κ1) is 30.7. The van der Waals surface area contributed by atoms with Crippen molar-refractivity contribution in [3.05, 3.63) is 63.6 Å². The smallest absolute Gasteiger partial charge is 0.354 e. The number of hydrogen-bond donors (Lipinski definition) is 1.